The third-order valence-corrected chi connectivity index (χ3v) is 5.68. The molecule has 0 aliphatic carbocycles. The van der Waals surface area contributed by atoms with E-state index in [1.54, 1.807) is 12.0 Å². The van der Waals surface area contributed by atoms with Crippen LogP contribution in [-0.2, 0) is 14.3 Å². The lowest BCUT2D eigenvalue weighted by molar-refractivity contribution is -0.140. The van der Waals surface area contributed by atoms with E-state index in [9.17, 15) is 9.59 Å². The van der Waals surface area contributed by atoms with Gasteiger partial charge in [-0.15, -0.1) is 0 Å². The van der Waals surface area contributed by atoms with Gasteiger partial charge >= 0.3 is 5.97 Å². The smallest absolute Gasteiger partial charge is 0.331 e. The fraction of sp³-hybridized carbons (Fsp3) is 0.407. The highest BCUT2D eigenvalue weighted by molar-refractivity contribution is 5.83. The zero-order valence-corrected chi connectivity index (χ0v) is 20.2. The van der Waals surface area contributed by atoms with Crippen LogP contribution in [-0.4, -0.2) is 43.6 Å². The fourth-order valence-electron chi connectivity index (χ4n) is 3.63. The largest absolute Gasteiger partial charge is 0.496 e. The highest BCUT2D eigenvalue weighted by Gasteiger charge is 2.19. The minimum Gasteiger partial charge on any atom is -0.496 e. The molecule has 1 aromatic carbocycles. The SMILES string of the molecule is COc1cc(C)c(C=CC(C)=CC=CC(C)=CC(=O)OCCN2CCCC2=O)c(C)c1C. The van der Waals surface area contributed by atoms with E-state index >= 15 is 0 Å². The molecular weight excluding hydrogens is 402 g/mol. The van der Waals surface area contributed by atoms with Gasteiger partial charge in [0.25, 0.3) is 0 Å². The number of hydrogen-bond acceptors (Lipinski definition) is 4. The number of methoxy groups -OCH3 is 1. The summed E-state index contributed by atoms with van der Waals surface area (Å²) in [6, 6.07) is 2.07. The highest BCUT2D eigenvalue weighted by atomic mass is 16.5. The van der Waals surface area contributed by atoms with Crippen LogP contribution in [0.25, 0.3) is 6.08 Å². The Morgan fingerprint density at radius 2 is 1.88 bits per heavy atom. The topological polar surface area (TPSA) is 55.8 Å². The molecule has 1 fully saturated rings. The van der Waals surface area contributed by atoms with Crippen LogP contribution >= 0.6 is 0 Å². The second-order valence-electron chi connectivity index (χ2n) is 8.20. The number of aryl methyl sites for hydroxylation is 1. The Bertz CT molecular complexity index is 966. The van der Waals surface area contributed by atoms with Crippen molar-refractivity contribution in [2.24, 2.45) is 0 Å². The van der Waals surface area contributed by atoms with Crippen LogP contribution in [0.4, 0.5) is 0 Å². The van der Waals surface area contributed by atoms with Crippen LogP contribution in [0.5, 0.6) is 5.75 Å². The molecule has 0 spiro atoms. The van der Waals surface area contributed by atoms with Crippen molar-refractivity contribution in [1.29, 1.82) is 0 Å². The van der Waals surface area contributed by atoms with Gasteiger partial charge in [-0.2, -0.15) is 0 Å². The summed E-state index contributed by atoms with van der Waals surface area (Å²) in [6.07, 6.45) is 12.9. The van der Waals surface area contributed by atoms with Gasteiger partial charge in [0, 0.05) is 19.0 Å². The quantitative estimate of drug-likeness (QED) is 0.301. The molecule has 172 valence electrons. The number of ether oxygens (including phenoxy) is 2. The van der Waals surface area contributed by atoms with Crippen LogP contribution < -0.4 is 4.74 Å². The van der Waals surface area contributed by atoms with Gasteiger partial charge in [0.05, 0.1) is 13.7 Å². The monoisotopic (exact) mass is 437 g/mol. The Hall–Kier alpha value is -3.08. The Labute approximate surface area is 192 Å². The van der Waals surface area contributed by atoms with Crippen LogP contribution in [0.1, 0.15) is 48.9 Å². The zero-order chi connectivity index (χ0) is 23.7. The second kappa shape index (κ2) is 12.1. The molecule has 5 nitrogen and oxygen atoms in total. The Morgan fingerprint density at radius 1 is 1.12 bits per heavy atom. The molecule has 1 aliphatic heterocycles. The average molecular weight is 438 g/mol. The zero-order valence-electron chi connectivity index (χ0n) is 20.2. The van der Waals surface area contributed by atoms with E-state index in [-0.39, 0.29) is 18.5 Å². The second-order valence-corrected chi connectivity index (χ2v) is 8.20. The summed E-state index contributed by atoms with van der Waals surface area (Å²) in [6.45, 7) is 11.6. The third-order valence-electron chi connectivity index (χ3n) is 5.68. The molecular formula is C27H35NO4. The lowest BCUT2D eigenvalue weighted by atomic mass is 9.96. The lowest BCUT2D eigenvalue weighted by Crippen LogP contribution is -2.29. The molecule has 1 aliphatic rings. The fourth-order valence-corrected chi connectivity index (χ4v) is 3.63. The predicted molar refractivity (Wildman–Crippen MR) is 130 cm³/mol. The molecule has 0 unspecified atom stereocenters. The molecule has 0 saturated carbocycles. The number of benzene rings is 1. The molecule has 1 saturated heterocycles. The Morgan fingerprint density at radius 3 is 2.53 bits per heavy atom. The number of nitrogens with zero attached hydrogens (tertiary/aromatic N) is 1. The molecule has 0 N–H and O–H groups in total. The van der Waals surface area contributed by atoms with Crippen molar-refractivity contribution in [1.82, 2.24) is 4.90 Å². The van der Waals surface area contributed by atoms with Crippen LogP contribution in [0.3, 0.4) is 0 Å². The molecule has 32 heavy (non-hydrogen) atoms. The summed E-state index contributed by atoms with van der Waals surface area (Å²) < 4.78 is 10.6. The highest BCUT2D eigenvalue weighted by Crippen LogP contribution is 2.28. The summed E-state index contributed by atoms with van der Waals surface area (Å²) in [5, 5.41) is 0. The number of carbonyl (C=O) groups excluding carboxylic acids is 2. The molecule has 5 heteroatoms. The third kappa shape index (κ3) is 7.26. The van der Waals surface area contributed by atoms with Gasteiger partial charge in [-0.3, -0.25) is 4.79 Å². The molecule has 1 amide bonds. The van der Waals surface area contributed by atoms with Crippen LogP contribution in [0, 0.1) is 20.8 Å². The maximum absolute atomic E-state index is 11.9. The maximum atomic E-state index is 11.9. The van der Waals surface area contributed by atoms with Gasteiger partial charge < -0.3 is 14.4 Å². The molecule has 1 heterocycles. The molecule has 2 rings (SSSR count). The average Bonchev–Trinajstić information content (AvgIpc) is 3.15. The number of rotatable bonds is 9. The number of amides is 1. The summed E-state index contributed by atoms with van der Waals surface area (Å²) in [4.78, 5) is 25.2. The molecule has 1 aromatic rings. The first-order valence-electron chi connectivity index (χ1n) is 11.0. The predicted octanol–water partition coefficient (Wildman–Crippen LogP) is 5.25. The molecule has 0 aromatic heterocycles. The van der Waals surface area contributed by atoms with Crippen LogP contribution in [0.2, 0.25) is 0 Å². The lowest BCUT2D eigenvalue weighted by Gasteiger charge is -2.14. The first-order valence-corrected chi connectivity index (χ1v) is 11.0. The van der Waals surface area contributed by atoms with Crippen molar-refractivity contribution >= 4 is 18.0 Å². The van der Waals surface area contributed by atoms with Crippen molar-refractivity contribution in [3.05, 3.63) is 69.8 Å². The molecule has 0 bridgehead atoms. The first kappa shape index (κ1) is 25.2. The molecule has 0 atom stereocenters. The summed E-state index contributed by atoms with van der Waals surface area (Å²) in [7, 11) is 1.70. The van der Waals surface area contributed by atoms with E-state index in [4.69, 9.17) is 9.47 Å². The van der Waals surface area contributed by atoms with E-state index in [1.807, 2.05) is 32.1 Å². The summed E-state index contributed by atoms with van der Waals surface area (Å²) >= 11 is 0. The van der Waals surface area contributed by atoms with Crippen molar-refractivity contribution < 1.29 is 19.1 Å². The standard InChI is InChI=1S/C27H35NO4/c1-19(12-13-24-21(3)18-25(31-6)23(5)22(24)4)9-7-10-20(2)17-27(30)32-16-15-28-14-8-11-26(28)29/h7,9-10,12-13,17-18H,8,11,14-16H2,1-6H3. The van der Waals surface area contributed by atoms with Gasteiger partial charge in [-0.25, -0.2) is 4.79 Å². The van der Waals surface area contributed by atoms with Crippen LogP contribution in [0.15, 0.2) is 47.6 Å². The van der Waals surface area contributed by atoms with Crippen molar-refractivity contribution in [3.63, 3.8) is 0 Å². The van der Waals surface area contributed by atoms with E-state index in [0.717, 1.165) is 35.4 Å². The Kier molecular flexibility index (Phi) is 9.51. The number of allylic oxidation sites excluding steroid dienone is 6. The van der Waals surface area contributed by atoms with Crippen molar-refractivity contribution in [2.45, 2.75) is 47.5 Å². The van der Waals surface area contributed by atoms with E-state index < -0.39 is 0 Å². The number of carbonyl (C=O) groups is 2. The molecule has 0 radical (unpaired) electrons. The van der Waals surface area contributed by atoms with Crippen molar-refractivity contribution in [3.8, 4) is 5.75 Å². The normalized spacial score (nSPS) is 15.3. The first-order chi connectivity index (χ1) is 15.2. The number of esters is 1. The van der Waals surface area contributed by atoms with E-state index in [0.29, 0.717) is 13.0 Å². The number of likely N-dealkylation sites (tertiary alicyclic amines) is 1. The van der Waals surface area contributed by atoms with Gasteiger partial charge in [-0.05, 0) is 74.9 Å². The summed E-state index contributed by atoms with van der Waals surface area (Å²) in [5.41, 5.74) is 6.65. The van der Waals surface area contributed by atoms with Gasteiger partial charge in [0.15, 0.2) is 0 Å². The summed E-state index contributed by atoms with van der Waals surface area (Å²) in [5.74, 6) is 0.664. The Balaban J connectivity index is 1.90. The van der Waals surface area contributed by atoms with E-state index in [1.165, 1.54) is 22.8 Å². The van der Waals surface area contributed by atoms with E-state index in [2.05, 4.69) is 39.0 Å². The minimum absolute atomic E-state index is 0.138. The van der Waals surface area contributed by atoms with Crippen molar-refractivity contribution in [2.75, 3.05) is 26.8 Å². The maximum Gasteiger partial charge on any atom is 0.331 e. The number of hydrogen-bond donors (Lipinski definition) is 0. The van der Waals surface area contributed by atoms with Gasteiger partial charge in [0.2, 0.25) is 5.91 Å². The van der Waals surface area contributed by atoms with Gasteiger partial charge in [0.1, 0.15) is 12.4 Å². The van der Waals surface area contributed by atoms with Gasteiger partial charge in [-0.1, -0.05) is 36.0 Å². The minimum atomic E-state index is -0.389.